The number of aromatic nitrogens is 3. The first-order valence-corrected chi connectivity index (χ1v) is 6.38. The van der Waals surface area contributed by atoms with Gasteiger partial charge in [0, 0.05) is 25.0 Å². The van der Waals surface area contributed by atoms with Crippen LogP contribution in [0.25, 0.3) is 5.65 Å². The summed E-state index contributed by atoms with van der Waals surface area (Å²) in [7, 11) is 1.42. The van der Waals surface area contributed by atoms with Crippen molar-refractivity contribution in [3.63, 3.8) is 0 Å². The van der Waals surface area contributed by atoms with Gasteiger partial charge in [-0.25, -0.2) is 14.4 Å². The molecule has 0 aliphatic heterocycles. The molecule has 0 unspecified atom stereocenters. The Morgan fingerprint density at radius 1 is 1.38 bits per heavy atom. The molecule has 3 rings (SSSR count). The average Bonchev–Trinajstić information content (AvgIpc) is 2.97. The predicted octanol–water partition coefficient (Wildman–Crippen LogP) is 2.43. The molecule has 5 nitrogen and oxygen atoms in total. The van der Waals surface area contributed by atoms with Gasteiger partial charge in [0.2, 0.25) is 5.90 Å². The number of nitrogens with one attached hydrogen (secondary N) is 1. The van der Waals surface area contributed by atoms with Gasteiger partial charge in [-0.05, 0) is 11.6 Å². The first-order chi connectivity index (χ1) is 10.2. The summed E-state index contributed by atoms with van der Waals surface area (Å²) in [4.78, 5) is 8.62. The van der Waals surface area contributed by atoms with Crippen LogP contribution in [-0.4, -0.2) is 27.4 Å². The fraction of sp³-hybridized carbons (Fsp3) is 0.133. The van der Waals surface area contributed by atoms with E-state index in [1.165, 1.54) is 13.2 Å². The molecule has 21 heavy (non-hydrogen) atoms. The van der Waals surface area contributed by atoms with Crippen LogP contribution in [0.3, 0.4) is 0 Å². The molecule has 0 saturated heterocycles. The van der Waals surface area contributed by atoms with E-state index in [-0.39, 0.29) is 11.7 Å². The normalized spacial score (nSPS) is 10.8. The lowest BCUT2D eigenvalue weighted by molar-refractivity contribution is 0.399. The summed E-state index contributed by atoms with van der Waals surface area (Å²) < 4.78 is 20.5. The molecule has 0 aliphatic carbocycles. The third kappa shape index (κ3) is 2.47. The summed E-state index contributed by atoms with van der Waals surface area (Å²) in [5, 5.41) is 7.73. The molecule has 0 radical (unpaired) electrons. The van der Waals surface area contributed by atoms with E-state index in [9.17, 15) is 4.39 Å². The van der Waals surface area contributed by atoms with Crippen LogP contribution in [0.5, 0.6) is 0 Å². The minimum atomic E-state index is -0.281. The van der Waals surface area contributed by atoms with Gasteiger partial charge in [0.25, 0.3) is 0 Å². The summed E-state index contributed by atoms with van der Waals surface area (Å²) in [5.41, 5.74) is 2.17. The molecule has 0 aliphatic rings. The summed E-state index contributed by atoms with van der Waals surface area (Å²) in [6, 6.07) is 6.56. The van der Waals surface area contributed by atoms with E-state index in [0.717, 1.165) is 0 Å². The number of fused-ring (bicyclic) bond motifs is 1. The van der Waals surface area contributed by atoms with Crippen LogP contribution < -0.4 is 0 Å². The van der Waals surface area contributed by atoms with Crippen molar-refractivity contribution in [2.75, 3.05) is 7.11 Å². The Kier molecular flexibility index (Phi) is 3.35. The number of methoxy groups -OCH3 is 1. The van der Waals surface area contributed by atoms with Gasteiger partial charge in [0.1, 0.15) is 11.5 Å². The Labute approximate surface area is 120 Å². The number of imidazole rings is 1. The Morgan fingerprint density at radius 2 is 2.19 bits per heavy atom. The zero-order valence-electron chi connectivity index (χ0n) is 11.4. The highest BCUT2D eigenvalue weighted by Gasteiger charge is 2.13. The fourth-order valence-electron chi connectivity index (χ4n) is 2.15. The van der Waals surface area contributed by atoms with E-state index in [1.54, 1.807) is 41.2 Å². The third-order valence-electron chi connectivity index (χ3n) is 3.20. The second-order valence-corrected chi connectivity index (χ2v) is 4.53. The minimum absolute atomic E-state index is 0.0413. The van der Waals surface area contributed by atoms with Gasteiger partial charge in [0.15, 0.2) is 5.65 Å². The highest BCUT2D eigenvalue weighted by atomic mass is 19.1. The van der Waals surface area contributed by atoms with Crippen molar-refractivity contribution in [1.29, 1.82) is 5.41 Å². The number of hydrogen-bond donors (Lipinski definition) is 1. The molecule has 0 saturated carbocycles. The smallest absolute Gasteiger partial charge is 0.233 e. The van der Waals surface area contributed by atoms with Crippen molar-refractivity contribution in [3.05, 3.63) is 65.6 Å². The van der Waals surface area contributed by atoms with Crippen LogP contribution in [0.2, 0.25) is 0 Å². The zero-order chi connectivity index (χ0) is 14.8. The molecule has 0 amide bonds. The molecule has 0 spiro atoms. The Bertz CT molecular complexity index is 812. The molecule has 0 bridgehead atoms. The van der Waals surface area contributed by atoms with E-state index in [4.69, 9.17) is 10.1 Å². The molecule has 0 atom stereocenters. The summed E-state index contributed by atoms with van der Waals surface area (Å²) >= 11 is 0. The maximum Gasteiger partial charge on any atom is 0.233 e. The zero-order valence-corrected chi connectivity index (χ0v) is 11.4. The molecular weight excluding hydrogens is 271 g/mol. The second-order valence-electron chi connectivity index (χ2n) is 4.53. The Hall–Kier alpha value is -2.76. The molecule has 106 valence electrons. The van der Waals surface area contributed by atoms with E-state index in [0.29, 0.717) is 29.0 Å². The van der Waals surface area contributed by atoms with Crippen molar-refractivity contribution >= 4 is 11.5 Å². The van der Waals surface area contributed by atoms with Crippen molar-refractivity contribution in [2.45, 2.75) is 6.42 Å². The van der Waals surface area contributed by atoms with Gasteiger partial charge in [-0.15, -0.1) is 0 Å². The van der Waals surface area contributed by atoms with Crippen molar-refractivity contribution in [3.8, 4) is 0 Å². The molecular formula is C15H13FN4O. The highest BCUT2D eigenvalue weighted by Crippen LogP contribution is 2.16. The van der Waals surface area contributed by atoms with E-state index in [1.807, 2.05) is 0 Å². The maximum atomic E-state index is 13.8. The second kappa shape index (κ2) is 5.32. The van der Waals surface area contributed by atoms with Crippen LogP contribution in [-0.2, 0) is 11.2 Å². The van der Waals surface area contributed by atoms with Gasteiger partial charge in [-0.1, -0.05) is 18.2 Å². The molecule has 0 fully saturated rings. The van der Waals surface area contributed by atoms with Crippen molar-refractivity contribution in [2.24, 2.45) is 0 Å². The van der Waals surface area contributed by atoms with Gasteiger partial charge < -0.3 is 9.14 Å². The lowest BCUT2D eigenvalue weighted by atomic mass is 10.1. The Balaban J connectivity index is 2.10. The quantitative estimate of drug-likeness (QED) is 0.593. The fourth-order valence-corrected chi connectivity index (χ4v) is 2.15. The largest absolute Gasteiger partial charge is 0.480 e. The van der Waals surface area contributed by atoms with Gasteiger partial charge in [-0.3, -0.25) is 5.41 Å². The number of rotatable bonds is 3. The topological polar surface area (TPSA) is 63.3 Å². The van der Waals surface area contributed by atoms with Crippen LogP contribution in [0.15, 0.2) is 42.9 Å². The van der Waals surface area contributed by atoms with Crippen LogP contribution >= 0.6 is 0 Å². The summed E-state index contributed by atoms with van der Waals surface area (Å²) in [5.74, 6) is -0.323. The third-order valence-corrected chi connectivity index (χ3v) is 3.20. The van der Waals surface area contributed by atoms with Crippen LogP contribution in [0.1, 0.15) is 17.0 Å². The van der Waals surface area contributed by atoms with E-state index in [2.05, 4.69) is 9.97 Å². The standard InChI is InChI=1S/C15H13FN4O/c1-21-14(17)13-9-20-7-6-18-15(20)12(19-13)8-10-4-2-3-5-11(10)16/h2-7,9,17H,8H2,1H3. The summed E-state index contributed by atoms with van der Waals surface area (Å²) in [6.45, 7) is 0. The van der Waals surface area contributed by atoms with Crippen molar-refractivity contribution in [1.82, 2.24) is 14.4 Å². The molecule has 2 aromatic heterocycles. The number of halogens is 1. The number of benzene rings is 1. The number of hydrogen-bond acceptors (Lipinski definition) is 4. The molecule has 1 N–H and O–H groups in total. The monoisotopic (exact) mass is 284 g/mol. The average molecular weight is 284 g/mol. The van der Waals surface area contributed by atoms with Gasteiger partial charge >= 0.3 is 0 Å². The van der Waals surface area contributed by atoms with E-state index < -0.39 is 0 Å². The Morgan fingerprint density at radius 3 is 2.95 bits per heavy atom. The first kappa shape index (κ1) is 13.2. The van der Waals surface area contributed by atoms with Crippen LogP contribution in [0.4, 0.5) is 4.39 Å². The van der Waals surface area contributed by atoms with Crippen molar-refractivity contribution < 1.29 is 9.13 Å². The SMILES string of the molecule is COC(=N)c1cn2ccnc2c(Cc2ccccc2F)n1. The van der Waals surface area contributed by atoms with Gasteiger partial charge in [0.05, 0.1) is 12.8 Å². The summed E-state index contributed by atoms with van der Waals surface area (Å²) in [6.07, 6.45) is 5.37. The molecule has 3 aromatic rings. The number of nitrogens with zero attached hydrogens (tertiary/aromatic N) is 3. The maximum absolute atomic E-state index is 13.8. The van der Waals surface area contributed by atoms with E-state index >= 15 is 0 Å². The lowest BCUT2D eigenvalue weighted by Crippen LogP contribution is -2.10. The molecule has 6 heteroatoms. The molecule has 1 aromatic carbocycles. The highest BCUT2D eigenvalue weighted by molar-refractivity contribution is 5.89. The van der Waals surface area contributed by atoms with Crippen LogP contribution in [0, 0.1) is 11.2 Å². The number of ether oxygens (including phenoxy) is 1. The minimum Gasteiger partial charge on any atom is -0.480 e. The lowest BCUT2D eigenvalue weighted by Gasteiger charge is -2.08. The molecule has 2 heterocycles. The van der Waals surface area contributed by atoms with Gasteiger partial charge in [-0.2, -0.15) is 0 Å². The first-order valence-electron chi connectivity index (χ1n) is 6.38. The predicted molar refractivity (Wildman–Crippen MR) is 76.0 cm³/mol.